The molecule has 1 aromatic carbocycles. The van der Waals surface area contributed by atoms with E-state index in [-0.39, 0.29) is 24.3 Å². The summed E-state index contributed by atoms with van der Waals surface area (Å²) in [5.74, 6) is 0.100. The summed E-state index contributed by atoms with van der Waals surface area (Å²) in [5.41, 5.74) is 2.08. The molecule has 3 heteroatoms. The highest BCUT2D eigenvalue weighted by molar-refractivity contribution is 5.97. The van der Waals surface area contributed by atoms with E-state index in [9.17, 15) is 9.90 Å². The van der Waals surface area contributed by atoms with Crippen molar-refractivity contribution < 1.29 is 9.90 Å². The van der Waals surface area contributed by atoms with Gasteiger partial charge in [-0.05, 0) is 24.6 Å². The molecule has 1 fully saturated rings. The third kappa shape index (κ3) is 1.83. The number of benzene rings is 1. The Morgan fingerprint density at radius 2 is 2.25 bits per heavy atom. The van der Waals surface area contributed by atoms with E-state index in [0.29, 0.717) is 6.54 Å². The molecule has 2 rings (SSSR count). The number of carbonyl (C=O) groups excluding carboxylic acids is 1. The first kappa shape index (κ1) is 11.1. The summed E-state index contributed by atoms with van der Waals surface area (Å²) in [6.07, 6.45) is 0. The molecular weight excluding hydrogens is 202 g/mol. The summed E-state index contributed by atoms with van der Waals surface area (Å²) in [6.45, 7) is 4.60. The van der Waals surface area contributed by atoms with Gasteiger partial charge in [-0.3, -0.25) is 4.79 Å². The molecule has 1 N–H and O–H groups in total. The molecule has 0 spiro atoms. The van der Waals surface area contributed by atoms with Crippen LogP contribution in [-0.2, 0) is 4.79 Å². The number of aryl methyl sites for hydroxylation is 1. The molecule has 2 atom stereocenters. The molecule has 86 valence electrons. The molecule has 3 nitrogen and oxygen atoms in total. The Balaban J connectivity index is 2.26. The molecule has 1 aromatic rings. The third-order valence-corrected chi connectivity index (χ3v) is 3.33. The topological polar surface area (TPSA) is 40.5 Å². The Kier molecular flexibility index (Phi) is 2.97. The number of aliphatic hydroxyl groups excluding tert-OH is 1. The first-order valence-corrected chi connectivity index (χ1v) is 5.62. The van der Waals surface area contributed by atoms with Gasteiger partial charge in [-0.15, -0.1) is 0 Å². The number of anilines is 1. The van der Waals surface area contributed by atoms with Crippen molar-refractivity contribution in [2.24, 2.45) is 11.8 Å². The van der Waals surface area contributed by atoms with E-state index < -0.39 is 0 Å². The summed E-state index contributed by atoms with van der Waals surface area (Å²) in [6, 6.07) is 7.91. The van der Waals surface area contributed by atoms with Gasteiger partial charge in [0.1, 0.15) is 0 Å². The van der Waals surface area contributed by atoms with E-state index >= 15 is 0 Å². The molecule has 1 heterocycles. The summed E-state index contributed by atoms with van der Waals surface area (Å²) in [5, 5.41) is 9.19. The number of hydrogen-bond donors (Lipinski definition) is 1. The fraction of sp³-hybridized carbons (Fsp3) is 0.462. The average Bonchev–Trinajstić information content (AvgIpc) is 2.56. The van der Waals surface area contributed by atoms with Gasteiger partial charge in [-0.1, -0.05) is 19.1 Å². The van der Waals surface area contributed by atoms with Crippen LogP contribution in [0.15, 0.2) is 24.3 Å². The zero-order valence-corrected chi connectivity index (χ0v) is 9.68. The zero-order chi connectivity index (χ0) is 11.7. The van der Waals surface area contributed by atoms with Gasteiger partial charge in [-0.25, -0.2) is 0 Å². The maximum Gasteiger partial charge on any atom is 0.230 e. The van der Waals surface area contributed by atoms with Crippen molar-refractivity contribution in [2.75, 3.05) is 18.1 Å². The highest BCUT2D eigenvalue weighted by Crippen LogP contribution is 2.29. The number of aliphatic hydroxyl groups is 1. The Morgan fingerprint density at radius 1 is 1.50 bits per heavy atom. The highest BCUT2D eigenvalue weighted by atomic mass is 16.3. The molecule has 0 saturated carbocycles. The monoisotopic (exact) mass is 219 g/mol. The van der Waals surface area contributed by atoms with Crippen molar-refractivity contribution in [3.63, 3.8) is 0 Å². The lowest BCUT2D eigenvalue weighted by atomic mass is 9.99. The fourth-order valence-electron chi connectivity index (χ4n) is 2.17. The van der Waals surface area contributed by atoms with Crippen molar-refractivity contribution in [1.29, 1.82) is 0 Å². The van der Waals surface area contributed by atoms with E-state index in [0.717, 1.165) is 11.3 Å². The van der Waals surface area contributed by atoms with Gasteiger partial charge in [0.15, 0.2) is 0 Å². The quantitative estimate of drug-likeness (QED) is 0.820. The zero-order valence-electron chi connectivity index (χ0n) is 9.68. The smallest absolute Gasteiger partial charge is 0.230 e. The molecule has 1 aliphatic rings. The molecule has 0 aromatic heterocycles. The van der Waals surface area contributed by atoms with E-state index in [1.807, 2.05) is 38.1 Å². The largest absolute Gasteiger partial charge is 0.396 e. The normalized spacial score (nSPS) is 25.2. The van der Waals surface area contributed by atoms with Gasteiger partial charge in [0.05, 0.1) is 0 Å². The SMILES string of the molecule is Cc1cccc(N2CC(CO)C(C)C2=O)c1. The van der Waals surface area contributed by atoms with Crippen LogP contribution in [0.2, 0.25) is 0 Å². The molecule has 1 amide bonds. The number of rotatable bonds is 2. The third-order valence-electron chi connectivity index (χ3n) is 3.33. The van der Waals surface area contributed by atoms with E-state index in [2.05, 4.69) is 0 Å². The second-order valence-corrected chi connectivity index (χ2v) is 4.52. The first-order valence-electron chi connectivity index (χ1n) is 5.62. The summed E-state index contributed by atoms with van der Waals surface area (Å²) >= 11 is 0. The Morgan fingerprint density at radius 3 is 2.81 bits per heavy atom. The molecule has 2 unspecified atom stereocenters. The first-order chi connectivity index (χ1) is 7.63. The highest BCUT2D eigenvalue weighted by Gasteiger charge is 2.37. The van der Waals surface area contributed by atoms with Crippen molar-refractivity contribution in [2.45, 2.75) is 13.8 Å². The Labute approximate surface area is 95.7 Å². The van der Waals surface area contributed by atoms with Gasteiger partial charge >= 0.3 is 0 Å². The Hall–Kier alpha value is -1.35. The van der Waals surface area contributed by atoms with Crippen LogP contribution in [0.5, 0.6) is 0 Å². The van der Waals surface area contributed by atoms with Crippen LogP contribution < -0.4 is 4.90 Å². The van der Waals surface area contributed by atoms with Crippen LogP contribution >= 0.6 is 0 Å². The molecule has 0 bridgehead atoms. The van der Waals surface area contributed by atoms with Gasteiger partial charge in [-0.2, -0.15) is 0 Å². The van der Waals surface area contributed by atoms with E-state index in [1.165, 1.54) is 0 Å². The van der Waals surface area contributed by atoms with Gasteiger partial charge in [0.2, 0.25) is 5.91 Å². The predicted octanol–water partition coefficient (Wildman–Crippen LogP) is 1.59. The van der Waals surface area contributed by atoms with Crippen molar-refractivity contribution in [1.82, 2.24) is 0 Å². The molecular formula is C13H17NO2. The minimum absolute atomic E-state index is 0.0630. The van der Waals surface area contributed by atoms with Crippen LogP contribution in [0.3, 0.4) is 0 Å². The van der Waals surface area contributed by atoms with Gasteiger partial charge in [0, 0.05) is 30.7 Å². The maximum atomic E-state index is 12.0. The lowest BCUT2D eigenvalue weighted by molar-refractivity contribution is -0.120. The summed E-state index contributed by atoms with van der Waals surface area (Å²) in [4.78, 5) is 13.8. The number of hydrogen-bond acceptors (Lipinski definition) is 2. The van der Waals surface area contributed by atoms with Crippen molar-refractivity contribution in [3.05, 3.63) is 29.8 Å². The van der Waals surface area contributed by atoms with Crippen LogP contribution in [-0.4, -0.2) is 24.2 Å². The Bertz CT molecular complexity index is 403. The van der Waals surface area contributed by atoms with Crippen LogP contribution in [0.4, 0.5) is 5.69 Å². The molecule has 1 saturated heterocycles. The second kappa shape index (κ2) is 4.26. The van der Waals surface area contributed by atoms with E-state index in [4.69, 9.17) is 0 Å². The minimum Gasteiger partial charge on any atom is -0.396 e. The standard InChI is InChI=1S/C13H17NO2/c1-9-4-3-5-12(6-9)14-7-11(8-15)10(2)13(14)16/h3-6,10-11,15H,7-8H2,1-2H3. The second-order valence-electron chi connectivity index (χ2n) is 4.52. The molecule has 1 aliphatic heterocycles. The molecule has 0 radical (unpaired) electrons. The van der Waals surface area contributed by atoms with Crippen LogP contribution in [0, 0.1) is 18.8 Å². The van der Waals surface area contributed by atoms with Gasteiger partial charge in [0.25, 0.3) is 0 Å². The summed E-state index contributed by atoms with van der Waals surface area (Å²) < 4.78 is 0. The van der Waals surface area contributed by atoms with E-state index in [1.54, 1.807) is 4.90 Å². The lowest BCUT2D eigenvalue weighted by Crippen LogP contribution is -2.26. The maximum absolute atomic E-state index is 12.0. The number of carbonyl (C=O) groups is 1. The number of nitrogens with zero attached hydrogens (tertiary/aromatic N) is 1. The summed E-state index contributed by atoms with van der Waals surface area (Å²) in [7, 11) is 0. The number of amides is 1. The lowest BCUT2D eigenvalue weighted by Gasteiger charge is -2.16. The van der Waals surface area contributed by atoms with Crippen LogP contribution in [0.1, 0.15) is 12.5 Å². The predicted molar refractivity (Wildman–Crippen MR) is 63.3 cm³/mol. The fourth-order valence-corrected chi connectivity index (χ4v) is 2.17. The average molecular weight is 219 g/mol. The van der Waals surface area contributed by atoms with Gasteiger partial charge < -0.3 is 10.0 Å². The molecule has 0 aliphatic carbocycles. The molecule has 16 heavy (non-hydrogen) atoms. The van der Waals surface area contributed by atoms with Crippen molar-refractivity contribution in [3.8, 4) is 0 Å². The minimum atomic E-state index is -0.0782. The van der Waals surface area contributed by atoms with Crippen molar-refractivity contribution >= 4 is 11.6 Å². The van der Waals surface area contributed by atoms with Crippen LogP contribution in [0.25, 0.3) is 0 Å².